The van der Waals surface area contributed by atoms with Gasteiger partial charge in [0.05, 0.1) is 11.6 Å². The molecule has 0 fully saturated rings. The summed E-state index contributed by atoms with van der Waals surface area (Å²) in [4.78, 5) is 4.11. The third-order valence-corrected chi connectivity index (χ3v) is 3.05. The van der Waals surface area contributed by atoms with E-state index in [1.807, 2.05) is 36.4 Å². The van der Waals surface area contributed by atoms with Gasteiger partial charge in [-0.25, -0.2) is 0 Å². The Kier molecular flexibility index (Phi) is 4.40. The molecule has 1 aromatic carbocycles. The van der Waals surface area contributed by atoms with E-state index in [-0.39, 0.29) is 0 Å². The monoisotopic (exact) mass is 311 g/mol. The van der Waals surface area contributed by atoms with E-state index in [0.717, 1.165) is 21.5 Å². The molecule has 1 heterocycles. The zero-order chi connectivity index (χ0) is 12.1. The van der Waals surface area contributed by atoms with Crippen LogP contribution in [0.2, 0.25) is 0 Å². The highest BCUT2D eigenvalue weighted by molar-refractivity contribution is 9.10. The molecule has 0 atom stereocenters. The van der Waals surface area contributed by atoms with Crippen LogP contribution in [0.3, 0.4) is 0 Å². The quantitative estimate of drug-likeness (QED) is 0.791. The minimum Gasteiger partial charge on any atom is -0.489 e. The number of alkyl halides is 1. The number of nitrogens with zero attached hydrogens (tertiary/aromatic N) is 1. The maximum absolute atomic E-state index is 5.71. The van der Waals surface area contributed by atoms with E-state index in [0.29, 0.717) is 12.5 Å². The highest BCUT2D eigenvalue weighted by Gasteiger charge is 1.98. The van der Waals surface area contributed by atoms with Crippen molar-refractivity contribution < 1.29 is 4.74 Å². The highest BCUT2D eigenvalue weighted by Crippen LogP contribution is 2.16. The molecule has 0 bridgehead atoms. The molecule has 0 saturated carbocycles. The zero-order valence-electron chi connectivity index (χ0n) is 9.07. The Balaban J connectivity index is 1.99. The lowest BCUT2D eigenvalue weighted by Crippen LogP contribution is -1.96. The third kappa shape index (κ3) is 3.72. The van der Waals surface area contributed by atoms with Crippen molar-refractivity contribution in [2.45, 2.75) is 12.5 Å². The first-order valence-electron chi connectivity index (χ1n) is 5.16. The molecule has 88 valence electrons. The standard InChI is InChI=1S/C13H11BrClNO/c14-11-3-1-10(2-4-11)9-17-13-5-6-16-12(7-13)8-15/h1-7H,8-9H2. The average molecular weight is 313 g/mol. The Morgan fingerprint density at radius 1 is 1.18 bits per heavy atom. The van der Waals surface area contributed by atoms with Crippen LogP contribution in [0, 0.1) is 0 Å². The molecule has 0 aliphatic rings. The fraction of sp³-hybridized carbons (Fsp3) is 0.154. The molecule has 4 heteroatoms. The Hall–Kier alpha value is -1.06. The minimum absolute atomic E-state index is 0.398. The normalized spacial score (nSPS) is 10.2. The van der Waals surface area contributed by atoms with Gasteiger partial charge in [-0.2, -0.15) is 0 Å². The van der Waals surface area contributed by atoms with Gasteiger partial charge in [-0.1, -0.05) is 28.1 Å². The summed E-state index contributed by atoms with van der Waals surface area (Å²) in [5.41, 5.74) is 1.94. The van der Waals surface area contributed by atoms with Gasteiger partial charge in [0.15, 0.2) is 0 Å². The fourth-order valence-corrected chi connectivity index (χ4v) is 1.78. The molecule has 2 nitrogen and oxygen atoms in total. The number of aromatic nitrogens is 1. The molecule has 0 aliphatic carbocycles. The number of benzene rings is 1. The van der Waals surface area contributed by atoms with Gasteiger partial charge in [0, 0.05) is 16.7 Å². The van der Waals surface area contributed by atoms with Gasteiger partial charge in [-0.15, -0.1) is 11.6 Å². The Morgan fingerprint density at radius 3 is 2.65 bits per heavy atom. The predicted octanol–water partition coefficient (Wildman–Crippen LogP) is 4.16. The third-order valence-electron chi connectivity index (χ3n) is 2.24. The van der Waals surface area contributed by atoms with Crippen molar-refractivity contribution in [3.05, 3.63) is 58.3 Å². The van der Waals surface area contributed by atoms with Crippen LogP contribution < -0.4 is 4.74 Å². The Labute approximate surface area is 114 Å². The van der Waals surface area contributed by atoms with Crippen molar-refractivity contribution >= 4 is 27.5 Å². The topological polar surface area (TPSA) is 22.1 Å². The van der Waals surface area contributed by atoms with Crippen LogP contribution in [0.25, 0.3) is 0 Å². The van der Waals surface area contributed by atoms with Gasteiger partial charge in [0.2, 0.25) is 0 Å². The first-order chi connectivity index (χ1) is 8.28. The maximum Gasteiger partial charge on any atom is 0.123 e. The Morgan fingerprint density at radius 2 is 1.94 bits per heavy atom. The average Bonchev–Trinajstić information content (AvgIpc) is 2.38. The molecule has 0 aliphatic heterocycles. The molecule has 0 spiro atoms. The van der Waals surface area contributed by atoms with Crippen molar-refractivity contribution in [1.82, 2.24) is 4.98 Å². The van der Waals surface area contributed by atoms with Gasteiger partial charge in [-0.05, 0) is 23.8 Å². The zero-order valence-corrected chi connectivity index (χ0v) is 11.4. The van der Waals surface area contributed by atoms with Crippen molar-refractivity contribution in [2.75, 3.05) is 0 Å². The van der Waals surface area contributed by atoms with Crippen LogP contribution in [-0.2, 0) is 12.5 Å². The van der Waals surface area contributed by atoms with Gasteiger partial charge in [-0.3, -0.25) is 4.98 Å². The molecule has 17 heavy (non-hydrogen) atoms. The van der Waals surface area contributed by atoms with Crippen LogP contribution in [0.15, 0.2) is 47.1 Å². The largest absolute Gasteiger partial charge is 0.489 e. The summed E-state index contributed by atoms with van der Waals surface area (Å²) < 4.78 is 6.72. The van der Waals surface area contributed by atoms with Crippen LogP contribution >= 0.6 is 27.5 Å². The van der Waals surface area contributed by atoms with E-state index in [9.17, 15) is 0 Å². The van der Waals surface area contributed by atoms with Gasteiger partial charge < -0.3 is 4.74 Å². The fourth-order valence-electron chi connectivity index (χ4n) is 1.37. The molecule has 0 N–H and O–H groups in total. The second kappa shape index (κ2) is 6.03. The number of ether oxygens (including phenoxy) is 1. The molecule has 0 saturated heterocycles. The lowest BCUT2D eigenvalue weighted by atomic mass is 10.2. The second-order valence-corrected chi connectivity index (χ2v) is 4.71. The number of hydrogen-bond acceptors (Lipinski definition) is 2. The van der Waals surface area contributed by atoms with E-state index in [1.165, 1.54) is 0 Å². The molecular weight excluding hydrogens is 302 g/mol. The second-order valence-electron chi connectivity index (χ2n) is 3.53. The summed E-state index contributed by atoms with van der Waals surface area (Å²) in [6, 6.07) is 11.7. The van der Waals surface area contributed by atoms with E-state index in [4.69, 9.17) is 16.3 Å². The first kappa shape index (κ1) is 12.4. The van der Waals surface area contributed by atoms with Crippen LogP contribution in [0.5, 0.6) is 5.75 Å². The van der Waals surface area contributed by atoms with Gasteiger partial charge in [0.25, 0.3) is 0 Å². The molecule has 2 rings (SSSR count). The SMILES string of the molecule is ClCc1cc(OCc2ccc(Br)cc2)ccn1. The minimum atomic E-state index is 0.398. The Bertz CT molecular complexity index is 487. The molecule has 0 amide bonds. The van der Waals surface area contributed by atoms with Crippen LogP contribution in [-0.4, -0.2) is 4.98 Å². The summed E-state index contributed by atoms with van der Waals surface area (Å²) >= 11 is 9.11. The van der Waals surface area contributed by atoms with Crippen molar-refractivity contribution in [3.8, 4) is 5.75 Å². The first-order valence-corrected chi connectivity index (χ1v) is 6.49. The van der Waals surface area contributed by atoms with E-state index in [2.05, 4.69) is 20.9 Å². The number of rotatable bonds is 4. The summed E-state index contributed by atoms with van der Waals surface area (Å²) in [5.74, 6) is 1.19. The van der Waals surface area contributed by atoms with E-state index in [1.54, 1.807) is 6.20 Å². The summed E-state index contributed by atoms with van der Waals surface area (Å²) in [5, 5.41) is 0. The van der Waals surface area contributed by atoms with Crippen LogP contribution in [0.1, 0.15) is 11.3 Å². The molecule has 0 radical (unpaired) electrons. The maximum atomic E-state index is 5.71. The lowest BCUT2D eigenvalue weighted by molar-refractivity contribution is 0.305. The van der Waals surface area contributed by atoms with Crippen molar-refractivity contribution in [3.63, 3.8) is 0 Å². The smallest absolute Gasteiger partial charge is 0.123 e. The van der Waals surface area contributed by atoms with Gasteiger partial charge in [0.1, 0.15) is 12.4 Å². The van der Waals surface area contributed by atoms with Crippen molar-refractivity contribution in [1.29, 1.82) is 0 Å². The summed E-state index contributed by atoms with van der Waals surface area (Å²) in [6.07, 6.45) is 1.70. The summed E-state index contributed by atoms with van der Waals surface area (Å²) in [7, 11) is 0. The number of halogens is 2. The highest BCUT2D eigenvalue weighted by atomic mass is 79.9. The summed E-state index contributed by atoms with van der Waals surface area (Å²) in [6.45, 7) is 0.541. The molecule has 2 aromatic rings. The van der Waals surface area contributed by atoms with E-state index < -0.39 is 0 Å². The molecule has 1 aromatic heterocycles. The molecule has 0 unspecified atom stereocenters. The lowest BCUT2D eigenvalue weighted by Gasteiger charge is -2.07. The number of hydrogen-bond donors (Lipinski definition) is 0. The van der Waals surface area contributed by atoms with Crippen LogP contribution in [0.4, 0.5) is 0 Å². The van der Waals surface area contributed by atoms with E-state index >= 15 is 0 Å². The van der Waals surface area contributed by atoms with Crippen molar-refractivity contribution in [2.24, 2.45) is 0 Å². The predicted molar refractivity (Wildman–Crippen MR) is 72.3 cm³/mol. The molecular formula is C13H11BrClNO. The number of pyridine rings is 1. The van der Waals surface area contributed by atoms with Gasteiger partial charge >= 0.3 is 0 Å².